The molecule has 7 heteroatoms. The Balaban J connectivity index is 2.27. The molecule has 1 aromatic rings. The van der Waals surface area contributed by atoms with Crippen LogP contribution in [0.2, 0.25) is 0 Å². The molecule has 0 aromatic heterocycles. The molecule has 1 aliphatic rings. The van der Waals surface area contributed by atoms with E-state index in [-0.39, 0.29) is 24.4 Å². The normalized spacial score (nSPS) is 20.4. The molecule has 1 aliphatic heterocycles. The topological polar surface area (TPSA) is 80.3 Å². The molecule has 0 aliphatic carbocycles. The predicted molar refractivity (Wildman–Crippen MR) is 97.1 cm³/mol. The number of esters is 2. The third kappa shape index (κ3) is 5.30. The number of hydrogen-bond donors (Lipinski definition) is 0. The Morgan fingerprint density at radius 2 is 1.70 bits per heavy atom. The van der Waals surface area contributed by atoms with Gasteiger partial charge in [-0.05, 0) is 32.9 Å². The second-order valence-corrected chi connectivity index (χ2v) is 5.87. The molecule has 0 N–H and O–H groups in total. The molecule has 1 saturated heterocycles. The lowest BCUT2D eigenvalue weighted by Gasteiger charge is -2.32. The van der Waals surface area contributed by atoms with E-state index < -0.39 is 24.3 Å². The Morgan fingerprint density at radius 3 is 2.30 bits per heavy atom. The summed E-state index contributed by atoms with van der Waals surface area (Å²) in [6.07, 6.45) is -0.860. The minimum atomic E-state index is -0.658. The van der Waals surface area contributed by atoms with Gasteiger partial charge in [-0.15, -0.1) is 0 Å². The van der Waals surface area contributed by atoms with Crippen LogP contribution in [0.4, 0.5) is 0 Å². The summed E-state index contributed by atoms with van der Waals surface area (Å²) in [4.78, 5) is 24.7. The molecule has 1 heterocycles. The molecule has 148 valence electrons. The van der Waals surface area contributed by atoms with Crippen molar-refractivity contribution in [1.82, 2.24) is 0 Å². The summed E-state index contributed by atoms with van der Waals surface area (Å²) in [5.74, 6) is -0.420. The summed E-state index contributed by atoms with van der Waals surface area (Å²) in [5, 5.41) is 0. The zero-order chi connectivity index (χ0) is 19.8. The summed E-state index contributed by atoms with van der Waals surface area (Å²) < 4.78 is 27.0. The Morgan fingerprint density at radius 1 is 1.07 bits per heavy atom. The third-order valence-electron chi connectivity index (χ3n) is 4.13. The van der Waals surface area contributed by atoms with Gasteiger partial charge in [-0.3, -0.25) is 0 Å². The van der Waals surface area contributed by atoms with Gasteiger partial charge in [0, 0.05) is 17.6 Å². The first-order chi connectivity index (χ1) is 13.0. The van der Waals surface area contributed by atoms with Gasteiger partial charge in [-0.1, -0.05) is 12.1 Å². The summed E-state index contributed by atoms with van der Waals surface area (Å²) in [6, 6.07) is 7.27. The van der Waals surface area contributed by atoms with Crippen LogP contribution in [0.1, 0.15) is 39.0 Å². The highest BCUT2D eigenvalue weighted by Crippen LogP contribution is 2.32. The first kappa shape index (κ1) is 20.9. The van der Waals surface area contributed by atoms with Crippen LogP contribution < -0.4 is 4.74 Å². The van der Waals surface area contributed by atoms with Crippen LogP contribution >= 0.6 is 0 Å². The predicted octanol–water partition coefficient (Wildman–Crippen LogP) is 2.94. The average Bonchev–Trinajstić information content (AvgIpc) is 2.69. The van der Waals surface area contributed by atoms with E-state index in [4.69, 9.17) is 23.7 Å². The largest absolute Gasteiger partial charge is 0.497 e. The molecule has 0 spiro atoms. The standard InChI is InChI=1S/C20H26O7/c1-5-24-18(21)13(3)17(19(22)25-6-2)16-11-12-26-20(27-16)14-7-9-15(23-4)10-8-14/h7-10,16,20H,5-6,11-12H2,1-4H3/b17-13-/t16-,20-/m1/s1. The second kappa shape index (κ2) is 10.1. The smallest absolute Gasteiger partial charge is 0.337 e. The van der Waals surface area contributed by atoms with E-state index >= 15 is 0 Å². The minimum Gasteiger partial charge on any atom is -0.497 e. The second-order valence-electron chi connectivity index (χ2n) is 5.87. The fraction of sp³-hybridized carbons (Fsp3) is 0.500. The van der Waals surface area contributed by atoms with E-state index in [1.165, 1.54) is 0 Å². The van der Waals surface area contributed by atoms with Gasteiger partial charge in [0.1, 0.15) is 5.75 Å². The lowest BCUT2D eigenvalue weighted by molar-refractivity contribution is -0.209. The number of carbonyl (C=O) groups excluding carboxylic acids is 2. The van der Waals surface area contributed by atoms with Gasteiger partial charge in [0.05, 0.1) is 38.6 Å². The zero-order valence-electron chi connectivity index (χ0n) is 16.2. The van der Waals surface area contributed by atoms with Crippen LogP contribution in [0.3, 0.4) is 0 Å². The zero-order valence-corrected chi connectivity index (χ0v) is 16.2. The van der Waals surface area contributed by atoms with Gasteiger partial charge < -0.3 is 23.7 Å². The monoisotopic (exact) mass is 378 g/mol. The number of benzene rings is 1. The fourth-order valence-corrected chi connectivity index (χ4v) is 2.77. The summed E-state index contributed by atoms with van der Waals surface area (Å²) >= 11 is 0. The van der Waals surface area contributed by atoms with Gasteiger partial charge in [-0.2, -0.15) is 0 Å². The molecule has 0 saturated carbocycles. The van der Waals surface area contributed by atoms with Crippen molar-refractivity contribution in [2.45, 2.75) is 39.6 Å². The molecule has 0 bridgehead atoms. The van der Waals surface area contributed by atoms with Crippen molar-refractivity contribution in [3.8, 4) is 5.75 Å². The van der Waals surface area contributed by atoms with Gasteiger partial charge >= 0.3 is 11.9 Å². The molecule has 2 atom stereocenters. The average molecular weight is 378 g/mol. The van der Waals surface area contributed by atoms with Crippen LogP contribution in [0.25, 0.3) is 0 Å². The van der Waals surface area contributed by atoms with Crippen molar-refractivity contribution in [3.63, 3.8) is 0 Å². The van der Waals surface area contributed by atoms with E-state index in [0.717, 1.165) is 11.3 Å². The molecular formula is C20H26O7. The van der Waals surface area contributed by atoms with Gasteiger partial charge in [-0.25, -0.2) is 9.59 Å². The van der Waals surface area contributed by atoms with Crippen LogP contribution in [0.5, 0.6) is 5.75 Å². The molecule has 0 amide bonds. The number of carbonyl (C=O) groups is 2. The number of hydrogen-bond acceptors (Lipinski definition) is 7. The quantitative estimate of drug-likeness (QED) is 0.533. The van der Waals surface area contributed by atoms with Crippen molar-refractivity contribution in [3.05, 3.63) is 41.0 Å². The van der Waals surface area contributed by atoms with Crippen molar-refractivity contribution < 1.29 is 33.3 Å². The van der Waals surface area contributed by atoms with Crippen molar-refractivity contribution in [1.29, 1.82) is 0 Å². The molecule has 1 fully saturated rings. The molecule has 0 unspecified atom stereocenters. The third-order valence-corrected chi connectivity index (χ3v) is 4.13. The van der Waals surface area contributed by atoms with Crippen molar-refractivity contribution >= 4 is 11.9 Å². The van der Waals surface area contributed by atoms with Crippen LogP contribution in [0, 0.1) is 0 Å². The number of ether oxygens (including phenoxy) is 5. The van der Waals surface area contributed by atoms with E-state index in [1.54, 1.807) is 40.0 Å². The maximum atomic E-state index is 12.5. The first-order valence-electron chi connectivity index (χ1n) is 8.97. The molecule has 0 radical (unpaired) electrons. The number of methoxy groups -OCH3 is 1. The fourth-order valence-electron chi connectivity index (χ4n) is 2.77. The van der Waals surface area contributed by atoms with Crippen molar-refractivity contribution in [2.24, 2.45) is 0 Å². The first-order valence-corrected chi connectivity index (χ1v) is 8.97. The maximum absolute atomic E-state index is 12.5. The summed E-state index contributed by atoms with van der Waals surface area (Å²) in [7, 11) is 1.59. The Kier molecular flexibility index (Phi) is 7.82. The maximum Gasteiger partial charge on any atom is 0.337 e. The molecule has 7 nitrogen and oxygen atoms in total. The summed E-state index contributed by atoms with van der Waals surface area (Å²) in [6.45, 7) is 5.75. The molecule has 2 rings (SSSR count). The van der Waals surface area contributed by atoms with Gasteiger partial charge in [0.25, 0.3) is 0 Å². The highest BCUT2D eigenvalue weighted by Gasteiger charge is 2.34. The molecule has 1 aromatic carbocycles. The SMILES string of the molecule is CCOC(=O)/C(C)=C(\C(=O)OCC)[C@H]1CCO[C@@H](c2ccc(OC)cc2)O1. The van der Waals surface area contributed by atoms with E-state index in [2.05, 4.69) is 0 Å². The molecule has 27 heavy (non-hydrogen) atoms. The minimum absolute atomic E-state index is 0.178. The van der Waals surface area contributed by atoms with E-state index in [0.29, 0.717) is 13.0 Å². The highest BCUT2D eigenvalue weighted by atomic mass is 16.7. The van der Waals surface area contributed by atoms with Gasteiger partial charge in [0.2, 0.25) is 0 Å². The Labute approximate surface area is 159 Å². The van der Waals surface area contributed by atoms with Crippen LogP contribution in [-0.4, -0.2) is 45.0 Å². The number of rotatable bonds is 7. The van der Waals surface area contributed by atoms with E-state index in [9.17, 15) is 9.59 Å². The lowest BCUT2D eigenvalue weighted by Crippen LogP contribution is -2.33. The summed E-state index contributed by atoms with van der Waals surface area (Å²) in [5.41, 5.74) is 1.16. The van der Waals surface area contributed by atoms with E-state index in [1.807, 2.05) is 12.1 Å². The highest BCUT2D eigenvalue weighted by molar-refractivity contribution is 6.00. The van der Waals surface area contributed by atoms with Crippen LogP contribution in [-0.2, 0) is 28.5 Å². The van der Waals surface area contributed by atoms with Crippen LogP contribution in [0.15, 0.2) is 35.4 Å². The Bertz CT molecular complexity index is 678. The van der Waals surface area contributed by atoms with Crippen molar-refractivity contribution in [2.75, 3.05) is 26.9 Å². The van der Waals surface area contributed by atoms with Gasteiger partial charge in [0.15, 0.2) is 6.29 Å². The Hall–Kier alpha value is -2.38. The lowest BCUT2D eigenvalue weighted by atomic mass is 10.00. The molecular weight excluding hydrogens is 352 g/mol.